The number of likely N-dealkylation sites (tertiary alicyclic amines) is 1. The van der Waals surface area contributed by atoms with Crippen LogP contribution in [-0.4, -0.2) is 50.2 Å². The van der Waals surface area contributed by atoms with Gasteiger partial charge in [0.15, 0.2) is 0 Å². The van der Waals surface area contributed by atoms with Crippen LogP contribution in [0.4, 0.5) is 0 Å². The van der Waals surface area contributed by atoms with Crippen LogP contribution in [0.5, 0.6) is 0 Å². The van der Waals surface area contributed by atoms with Crippen LogP contribution in [0.3, 0.4) is 0 Å². The van der Waals surface area contributed by atoms with E-state index in [4.69, 9.17) is 4.74 Å². The Kier molecular flexibility index (Phi) is 8.07. The fraction of sp³-hybridized carbons (Fsp3) is 0.933. The van der Waals surface area contributed by atoms with E-state index in [1.165, 1.54) is 6.42 Å². The summed E-state index contributed by atoms with van der Waals surface area (Å²) in [5.41, 5.74) is 0. The lowest BCUT2D eigenvalue weighted by Gasteiger charge is -2.32. The highest BCUT2D eigenvalue weighted by molar-refractivity contribution is 5.72. The van der Waals surface area contributed by atoms with Gasteiger partial charge < -0.3 is 15.0 Å². The third-order valence-corrected chi connectivity index (χ3v) is 3.70. The first-order valence-corrected chi connectivity index (χ1v) is 7.77. The summed E-state index contributed by atoms with van der Waals surface area (Å²) in [5.74, 6) is 0.801. The molecule has 0 saturated carbocycles. The second-order valence-electron chi connectivity index (χ2n) is 5.64. The Bertz CT molecular complexity index is 251. The summed E-state index contributed by atoms with van der Waals surface area (Å²) in [7, 11) is 0. The van der Waals surface area contributed by atoms with E-state index in [0.29, 0.717) is 12.5 Å². The number of esters is 1. The zero-order valence-corrected chi connectivity index (χ0v) is 12.8. The van der Waals surface area contributed by atoms with Crippen molar-refractivity contribution in [2.75, 3.05) is 39.3 Å². The zero-order chi connectivity index (χ0) is 14.1. The Balaban J connectivity index is 2.17. The number of nitrogens with zero attached hydrogens (tertiary/aromatic N) is 1. The number of hydrogen-bond donors (Lipinski definition) is 1. The first-order chi connectivity index (χ1) is 9.17. The zero-order valence-electron chi connectivity index (χ0n) is 12.8. The van der Waals surface area contributed by atoms with Crippen molar-refractivity contribution in [1.82, 2.24) is 10.2 Å². The minimum absolute atomic E-state index is 0.000175. The van der Waals surface area contributed by atoms with E-state index in [0.717, 1.165) is 45.6 Å². The summed E-state index contributed by atoms with van der Waals surface area (Å²) in [5, 5.41) is 3.47. The first-order valence-electron chi connectivity index (χ1n) is 7.77. The summed E-state index contributed by atoms with van der Waals surface area (Å²) in [6.07, 6.45) is 3.10. The normalized spacial score (nSPS) is 19.3. The van der Waals surface area contributed by atoms with Gasteiger partial charge >= 0.3 is 5.97 Å². The molecular formula is C15H30N2O2. The summed E-state index contributed by atoms with van der Waals surface area (Å²) in [6, 6.07) is 0. The van der Waals surface area contributed by atoms with Crippen molar-refractivity contribution < 1.29 is 9.53 Å². The Labute approximate surface area is 117 Å². The van der Waals surface area contributed by atoms with Gasteiger partial charge in [-0.2, -0.15) is 0 Å². The van der Waals surface area contributed by atoms with Crippen molar-refractivity contribution >= 4 is 5.97 Å². The minimum atomic E-state index is -0.000175. The third kappa shape index (κ3) is 6.39. The maximum Gasteiger partial charge on any atom is 0.309 e. The smallest absolute Gasteiger partial charge is 0.309 e. The molecule has 0 aromatic carbocycles. The quantitative estimate of drug-likeness (QED) is 0.540. The minimum Gasteiger partial charge on any atom is -0.466 e. The summed E-state index contributed by atoms with van der Waals surface area (Å²) in [6.45, 7) is 12.2. The van der Waals surface area contributed by atoms with Gasteiger partial charge in [0.1, 0.15) is 0 Å². The molecule has 1 fully saturated rings. The van der Waals surface area contributed by atoms with E-state index in [-0.39, 0.29) is 11.9 Å². The van der Waals surface area contributed by atoms with Gasteiger partial charge in [-0.1, -0.05) is 13.8 Å². The molecule has 1 atom stereocenters. The van der Waals surface area contributed by atoms with E-state index in [1.807, 2.05) is 6.92 Å². The summed E-state index contributed by atoms with van der Waals surface area (Å²) < 4.78 is 5.10. The molecule has 0 amide bonds. The second kappa shape index (κ2) is 9.32. The lowest BCUT2D eigenvalue weighted by atomic mass is 9.96. The van der Waals surface area contributed by atoms with Crippen molar-refractivity contribution in [3.8, 4) is 0 Å². The molecule has 1 saturated heterocycles. The highest BCUT2D eigenvalue weighted by atomic mass is 16.5. The average Bonchev–Trinajstić information content (AvgIpc) is 2.40. The van der Waals surface area contributed by atoms with Crippen LogP contribution in [0.1, 0.15) is 40.0 Å². The Morgan fingerprint density at radius 2 is 2.05 bits per heavy atom. The first kappa shape index (κ1) is 16.4. The van der Waals surface area contributed by atoms with Crippen LogP contribution < -0.4 is 5.32 Å². The lowest BCUT2D eigenvalue weighted by Crippen LogP contribution is -2.40. The standard InChI is InChI=1S/C15H30N2O2/c1-4-8-16-11-13(3)12-17-9-6-14(7-10-17)15(18)19-5-2/h13-14,16H,4-12H2,1-3H3. The molecular weight excluding hydrogens is 240 g/mol. The molecule has 1 heterocycles. The van der Waals surface area contributed by atoms with Gasteiger partial charge in [0.05, 0.1) is 12.5 Å². The van der Waals surface area contributed by atoms with Crippen LogP contribution >= 0.6 is 0 Å². The van der Waals surface area contributed by atoms with Gasteiger partial charge in [-0.3, -0.25) is 4.79 Å². The van der Waals surface area contributed by atoms with E-state index < -0.39 is 0 Å². The van der Waals surface area contributed by atoms with Gasteiger partial charge in [-0.05, 0) is 58.3 Å². The molecule has 0 radical (unpaired) electrons. The SMILES string of the molecule is CCCNCC(C)CN1CCC(C(=O)OCC)CC1. The van der Waals surface area contributed by atoms with E-state index in [1.54, 1.807) is 0 Å². The van der Waals surface area contributed by atoms with Gasteiger partial charge in [0, 0.05) is 6.54 Å². The molecule has 1 N–H and O–H groups in total. The second-order valence-corrected chi connectivity index (χ2v) is 5.64. The summed E-state index contributed by atoms with van der Waals surface area (Å²) >= 11 is 0. The maximum absolute atomic E-state index is 11.7. The van der Waals surface area contributed by atoms with Gasteiger partial charge in [0.2, 0.25) is 0 Å². The lowest BCUT2D eigenvalue weighted by molar-refractivity contribution is -0.149. The van der Waals surface area contributed by atoms with E-state index in [9.17, 15) is 4.79 Å². The largest absolute Gasteiger partial charge is 0.466 e. The monoisotopic (exact) mass is 270 g/mol. The van der Waals surface area contributed by atoms with Crippen LogP contribution in [0.25, 0.3) is 0 Å². The van der Waals surface area contributed by atoms with Gasteiger partial charge in [-0.25, -0.2) is 0 Å². The van der Waals surface area contributed by atoms with Crippen molar-refractivity contribution in [2.24, 2.45) is 11.8 Å². The van der Waals surface area contributed by atoms with Crippen molar-refractivity contribution in [1.29, 1.82) is 0 Å². The molecule has 0 spiro atoms. The topological polar surface area (TPSA) is 41.6 Å². The molecule has 112 valence electrons. The van der Waals surface area contributed by atoms with E-state index >= 15 is 0 Å². The van der Waals surface area contributed by atoms with Crippen LogP contribution in [0.15, 0.2) is 0 Å². The number of rotatable bonds is 8. The van der Waals surface area contributed by atoms with E-state index in [2.05, 4.69) is 24.1 Å². The molecule has 4 heteroatoms. The number of piperidine rings is 1. The van der Waals surface area contributed by atoms with Crippen LogP contribution in [0.2, 0.25) is 0 Å². The molecule has 4 nitrogen and oxygen atoms in total. The van der Waals surface area contributed by atoms with Crippen LogP contribution in [0, 0.1) is 11.8 Å². The molecule has 1 aliphatic heterocycles. The molecule has 0 aliphatic carbocycles. The number of ether oxygens (including phenoxy) is 1. The van der Waals surface area contributed by atoms with Gasteiger partial charge in [-0.15, -0.1) is 0 Å². The Hall–Kier alpha value is -0.610. The molecule has 0 aromatic heterocycles. The van der Waals surface area contributed by atoms with Crippen molar-refractivity contribution in [3.05, 3.63) is 0 Å². The maximum atomic E-state index is 11.7. The molecule has 0 bridgehead atoms. The van der Waals surface area contributed by atoms with Gasteiger partial charge in [0.25, 0.3) is 0 Å². The van der Waals surface area contributed by atoms with Crippen molar-refractivity contribution in [3.63, 3.8) is 0 Å². The fourth-order valence-electron chi connectivity index (χ4n) is 2.64. The predicted octanol–water partition coefficient (Wildman–Crippen LogP) is 1.90. The molecule has 1 rings (SSSR count). The average molecular weight is 270 g/mol. The number of carbonyl (C=O) groups excluding carboxylic acids is 1. The molecule has 0 aromatic rings. The number of nitrogens with one attached hydrogen (secondary N) is 1. The number of hydrogen-bond acceptors (Lipinski definition) is 4. The molecule has 1 aliphatic rings. The highest BCUT2D eigenvalue weighted by Gasteiger charge is 2.26. The third-order valence-electron chi connectivity index (χ3n) is 3.70. The van der Waals surface area contributed by atoms with Crippen molar-refractivity contribution in [2.45, 2.75) is 40.0 Å². The highest BCUT2D eigenvalue weighted by Crippen LogP contribution is 2.19. The Morgan fingerprint density at radius 3 is 2.63 bits per heavy atom. The van der Waals surface area contributed by atoms with Crippen LogP contribution in [-0.2, 0) is 9.53 Å². The molecule has 19 heavy (non-hydrogen) atoms. The predicted molar refractivity (Wildman–Crippen MR) is 78.1 cm³/mol. The fourth-order valence-corrected chi connectivity index (χ4v) is 2.64. The Morgan fingerprint density at radius 1 is 1.37 bits per heavy atom. The molecule has 1 unspecified atom stereocenters. The summed E-state index contributed by atoms with van der Waals surface area (Å²) in [4.78, 5) is 14.1. The number of carbonyl (C=O) groups is 1.